The number of nitrogens with two attached hydrogens (primary N) is 1. The lowest BCUT2D eigenvalue weighted by molar-refractivity contribution is -0.132. The van der Waals surface area contributed by atoms with E-state index in [1.54, 1.807) is 0 Å². The van der Waals surface area contributed by atoms with Gasteiger partial charge in [-0.1, -0.05) is 13.8 Å². The lowest BCUT2D eigenvalue weighted by Gasteiger charge is -2.34. The van der Waals surface area contributed by atoms with Crippen molar-refractivity contribution in [3.63, 3.8) is 0 Å². The molecular formula is C11H22ClN3O2S. The van der Waals surface area contributed by atoms with Crippen LogP contribution in [0.5, 0.6) is 0 Å². The summed E-state index contributed by atoms with van der Waals surface area (Å²) in [7, 11) is 0. The first-order chi connectivity index (χ1) is 8.04. The van der Waals surface area contributed by atoms with Gasteiger partial charge in [0.15, 0.2) is 0 Å². The van der Waals surface area contributed by atoms with Crippen LogP contribution < -0.4 is 11.1 Å². The van der Waals surface area contributed by atoms with Crippen molar-refractivity contribution in [2.75, 3.05) is 31.9 Å². The van der Waals surface area contributed by atoms with Crippen LogP contribution >= 0.6 is 24.2 Å². The van der Waals surface area contributed by atoms with Crippen molar-refractivity contribution >= 4 is 36.0 Å². The second kappa shape index (κ2) is 8.61. The number of hydrogen-bond donors (Lipinski definition) is 2. The summed E-state index contributed by atoms with van der Waals surface area (Å²) in [5, 5.41) is 3.01. The number of carbonyl (C=O) groups is 2. The minimum absolute atomic E-state index is 0. The van der Waals surface area contributed by atoms with Crippen LogP contribution in [-0.2, 0) is 9.59 Å². The molecule has 0 aromatic rings. The average Bonchev–Trinajstić information content (AvgIpc) is 2.35. The fourth-order valence-corrected chi connectivity index (χ4v) is 2.96. The van der Waals surface area contributed by atoms with E-state index in [1.807, 2.05) is 16.7 Å². The predicted molar refractivity (Wildman–Crippen MR) is 77.0 cm³/mol. The zero-order valence-corrected chi connectivity index (χ0v) is 12.5. The third-order valence-corrected chi connectivity index (χ3v) is 4.35. The fraction of sp³-hybridized carbons (Fsp3) is 0.818. The van der Waals surface area contributed by atoms with Gasteiger partial charge in [0, 0.05) is 24.1 Å². The van der Waals surface area contributed by atoms with Gasteiger partial charge in [0.05, 0.1) is 13.1 Å². The molecule has 1 aliphatic rings. The smallest absolute Gasteiger partial charge is 0.242 e. The minimum Gasteiger partial charge on any atom is -0.346 e. The zero-order chi connectivity index (χ0) is 12.8. The second-order valence-electron chi connectivity index (χ2n) is 4.47. The van der Waals surface area contributed by atoms with E-state index in [1.165, 1.54) is 0 Å². The lowest BCUT2D eigenvalue weighted by atomic mass is 10.1. The Bertz CT molecular complexity index is 289. The SMILES string of the molecule is CC(C)C1CN(C(=O)CNC(=O)CN)CCS1.Cl. The molecule has 5 nitrogen and oxygen atoms in total. The van der Waals surface area contributed by atoms with E-state index < -0.39 is 0 Å². The number of hydrogen-bond acceptors (Lipinski definition) is 4. The van der Waals surface area contributed by atoms with Crippen LogP contribution in [0.1, 0.15) is 13.8 Å². The highest BCUT2D eigenvalue weighted by molar-refractivity contribution is 8.00. The van der Waals surface area contributed by atoms with Gasteiger partial charge < -0.3 is 16.0 Å². The highest BCUT2D eigenvalue weighted by Gasteiger charge is 2.25. The summed E-state index contributed by atoms with van der Waals surface area (Å²) in [6, 6.07) is 0. The molecule has 0 radical (unpaired) electrons. The Kier molecular flexibility index (Phi) is 8.39. The first-order valence-electron chi connectivity index (χ1n) is 5.90. The van der Waals surface area contributed by atoms with Gasteiger partial charge in [0.2, 0.25) is 11.8 Å². The molecule has 1 heterocycles. The molecule has 1 atom stereocenters. The summed E-state index contributed by atoms with van der Waals surface area (Å²) >= 11 is 1.92. The van der Waals surface area contributed by atoms with Crippen LogP contribution in [0.4, 0.5) is 0 Å². The van der Waals surface area contributed by atoms with Gasteiger partial charge >= 0.3 is 0 Å². The van der Waals surface area contributed by atoms with Gasteiger partial charge in [0.25, 0.3) is 0 Å². The lowest BCUT2D eigenvalue weighted by Crippen LogP contribution is -2.48. The van der Waals surface area contributed by atoms with Crippen molar-refractivity contribution in [1.82, 2.24) is 10.2 Å². The van der Waals surface area contributed by atoms with E-state index in [9.17, 15) is 9.59 Å². The van der Waals surface area contributed by atoms with Gasteiger partial charge in [-0.2, -0.15) is 11.8 Å². The molecule has 0 bridgehead atoms. The largest absolute Gasteiger partial charge is 0.346 e. The summed E-state index contributed by atoms with van der Waals surface area (Å²) in [6.07, 6.45) is 0. The van der Waals surface area contributed by atoms with Crippen LogP contribution in [-0.4, -0.2) is 53.9 Å². The zero-order valence-electron chi connectivity index (χ0n) is 10.8. The van der Waals surface area contributed by atoms with Crippen molar-refractivity contribution < 1.29 is 9.59 Å². The number of amides is 2. The highest BCUT2D eigenvalue weighted by atomic mass is 35.5. The molecule has 1 aliphatic heterocycles. The Hall–Kier alpha value is -0.460. The summed E-state index contributed by atoms with van der Waals surface area (Å²) in [5.41, 5.74) is 5.16. The Morgan fingerprint density at radius 3 is 2.72 bits per heavy atom. The van der Waals surface area contributed by atoms with Crippen molar-refractivity contribution in [1.29, 1.82) is 0 Å². The molecule has 1 rings (SSSR count). The Labute approximate surface area is 119 Å². The average molecular weight is 296 g/mol. The molecule has 106 valence electrons. The fourth-order valence-electron chi connectivity index (χ4n) is 1.66. The molecule has 1 unspecified atom stereocenters. The van der Waals surface area contributed by atoms with Gasteiger partial charge in [-0.3, -0.25) is 9.59 Å². The van der Waals surface area contributed by atoms with Crippen molar-refractivity contribution in [2.45, 2.75) is 19.1 Å². The number of nitrogens with zero attached hydrogens (tertiary/aromatic N) is 1. The number of rotatable bonds is 4. The molecule has 1 fully saturated rings. The Balaban J connectivity index is 0.00000289. The summed E-state index contributed by atoms with van der Waals surface area (Å²) in [6.45, 7) is 5.87. The van der Waals surface area contributed by atoms with Gasteiger partial charge in [-0.05, 0) is 5.92 Å². The first-order valence-corrected chi connectivity index (χ1v) is 6.95. The normalized spacial score (nSPS) is 19.3. The molecule has 0 aliphatic carbocycles. The maximum absolute atomic E-state index is 11.8. The third kappa shape index (κ3) is 5.46. The summed E-state index contributed by atoms with van der Waals surface area (Å²) < 4.78 is 0. The Morgan fingerprint density at radius 2 is 2.17 bits per heavy atom. The van der Waals surface area contributed by atoms with Crippen molar-refractivity contribution in [3.8, 4) is 0 Å². The van der Waals surface area contributed by atoms with Gasteiger partial charge in [0.1, 0.15) is 0 Å². The van der Waals surface area contributed by atoms with Crippen molar-refractivity contribution in [3.05, 3.63) is 0 Å². The van der Waals surface area contributed by atoms with Crippen LogP contribution in [0.15, 0.2) is 0 Å². The third-order valence-electron chi connectivity index (χ3n) is 2.81. The monoisotopic (exact) mass is 295 g/mol. The predicted octanol–water partition coefficient (Wildman–Crippen LogP) is 0.0831. The first kappa shape index (κ1) is 17.5. The molecule has 2 amide bonds. The van der Waals surface area contributed by atoms with Crippen LogP contribution in [0, 0.1) is 5.92 Å². The number of carbonyl (C=O) groups excluding carboxylic acids is 2. The quantitative estimate of drug-likeness (QED) is 0.770. The number of nitrogens with one attached hydrogen (secondary N) is 1. The van der Waals surface area contributed by atoms with Gasteiger partial charge in [-0.15, -0.1) is 12.4 Å². The molecule has 0 aromatic heterocycles. The number of thioether (sulfide) groups is 1. The van der Waals surface area contributed by atoms with E-state index in [0.29, 0.717) is 11.2 Å². The maximum atomic E-state index is 11.8. The van der Waals surface area contributed by atoms with Crippen LogP contribution in [0.3, 0.4) is 0 Å². The number of halogens is 1. The molecule has 3 N–H and O–H groups in total. The van der Waals surface area contributed by atoms with E-state index >= 15 is 0 Å². The second-order valence-corrected chi connectivity index (χ2v) is 5.82. The van der Waals surface area contributed by atoms with Crippen LogP contribution in [0.25, 0.3) is 0 Å². The molecular weight excluding hydrogens is 274 g/mol. The maximum Gasteiger partial charge on any atom is 0.242 e. The van der Waals surface area contributed by atoms with E-state index in [-0.39, 0.29) is 37.3 Å². The van der Waals surface area contributed by atoms with Crippen molar-refractivity contribution in [2.24, 2.45) is 11.7 Å². The minimum atomic E-state index is -0.287. The van der Waals surface area contributed by atoms with Crippen LogP contribution in [0.2, 0.25) is 0 Å². The molecule has 7 heteroatoms. The van der Waals surface area contributed by atoms with E-state index in [2.05, 4.69) is 19.2 Å². The summed E-state index contributed by atoms with van der Waals surface area (Å²) in [4.78, 5) is 24.6. The molecule has 1 saturated heterocycles. The standard InChI is InChI=1S/C11H21N3O2S.ClH/c1-8(2)9-7-14(3-4-17-9)11(16)6-13-10(15)5-12;/h8-9H,3-7,12H2,1-2H3,(H,13,15);1H. The topological polar surface area (TPSA) is 75.4 Å². The molecule has 0 aromatic carbocycles. The Morgan fingerprint density at radius 1 is 1.50 bits per heavy atom. The van der Waals surface area contributed by atoms with E-state index in [4.69, 9.17) is 5.73 Å². The van der Waals surface area contributed by atoms with E-state index in [0.717, 1.165) is 18.8 Å². The molecule has 18 heavy (non-hydrogen) atoms. The molecule has 0 spiro atoms. The summed E-state index contributed by atoms with van der Waals surface area (Å²) in [5.74, 6) is 1.23. The van der Waals surface area contributed by atoms with Gasteiger partial charge in [-0.25, -0.2) is 0 Å². The highest BCUT2D eigenvalue weighted by Crippen LogP contribution is 2.24. The molecule has 0 saturated carbocycles.